The van der Waals surface area contributed by atoms with Crippen molar-refractivity contribution in [3.05, 3.63) is 92.4 Å². The lowest BCUT2D eigenvalue weighted by molar-refractivity contribution is 0.0944. The molecule has 3 aromatic rings. The standard InChI is InChI=1S/C22H25N5O3/c1-25(13-11-17-10-6-7-12-24-17)15-18(28)19-20(23)27(22(30)26(2)21(19)29)14-16-8-4-3-5-9-16/h3-10,12H,11,13-15,23H2,1-2H3. The molecule has 2 N–H and O–H groups in total. The quantitative estimate of drug-likeness (QED) is 0.557. The molecule has 0 unspecified atom stereocenters. The summed E-state index contributed by atoms with van der Waals surface area (Å²) in [4.78, 5) is 44.2. The Morgan fingerprint density at radius 2 is 1.80 bits per heavy atom. The van der Waals surface area contributed by atoms with Gasteiger partial charge in [0.25, 0.3) is 5.56 Å². The van der Waals surface area contributed by atoms with Crippen LogP contribution in [0.25, 0.3) is 0 Å². The number of carbonyl (C=O) groups excluding carboxylic acids is 1. The summed E-state index contributed by atoms with van der Waals surface area (Å²) < 4.78 is 2.19. The van der Waals surface area contributed by atoms with Crippen molar-refractivity contribution in [1.29, 1.82) is 0 Å². The van der Waals surface area contributed by atoms with Crippen molar-refractivity contribution in [1.82, 2.24) is 19.0 Å². The van der Waals surface area contributed by atoms with Crippen molar-refractivity contribution in [3.63, 3.8) is 0 Å². The SMILES string of the molecule is CN(CCc1ccccn1)CC(=O)c1c(N)n(Cc2ccccc2)c(=O)n(C)c1=O. The fourth-order valence-electron chi connectivity index (χ4n) is 3.22. The zero-order chi connectivity index (χ0) is 21.7. The molecule has 0 aliphatic carbocycles. The maximum Gasteiger partial charge on any atom is 0.332 e. The van der Waals surface area contributed by atoms with Gasteiger partial charge < -0.3 is 5.73 Å². The van der Waals surface area contributed by atoms with Gasteiger partial charge in [-0.05, 0) is 24.7 Å². The van der Waals surface area contributed by atoms with Gasteiger partial charge in [-0.3, -0.25) is 28.6 Å². The van der Waals surface area contributed by atoms with Gasteiger partial charge in [-0.2, -0.15) is 0 Å². The summed E-state index contributed by atoms with van der Waals surface area (Å²) in [5, 5.41) is 0. The molecule has 8 heteroatoms. The summed E-state index contributed by atoms with van der Waals surface area (Å²) in [7, 11) is 3.15. The molecular weight excluding hydrogens is 382 g/mol. The number of likely N-dealkylation sites (N-methyl/N-ethyl adjacent to an activating group) is 1. The average molecular weight is 407 g/mol. The van der Waals surface area contributed by atoms with Crippen LogP contribution in [0, 0.1) is 0 Å². The summed E-state index contributed by atoms with van der Waals surface area (Å²) in [6, 6.07) is 14.9. The van der Waals surface area contributed by atoms with E-state index >= 15 is 0 Å². The van der Waals surface area contributed by atoms with Crippen LogP contribution >= 0.6 is 0 Å². The number of nitrogens with zero attached hydrogens (tertiary/aromatic N) is 4. The maximum absolute atomic E-state index is 12.9. The van der Waals surface area contributed by atoms with Crippen LogP contribution in [0.15, 0.2) is 64.3 Å². The molecule has 0 spiro atoms. The van der Waals surface area contributed by atoms with Gasteiger partial charge in [-0.15, -0.1) is 0 Å². The maximum atomic E-state index is 12.9. The normalized spacial score (nSPS) is 11.0. The van der Waals surface area contributed by atoms with Crippen LogP contribution in [0.4, 0.5) is 5.82 Å². The van der Waals surface area contributed by atoms with Gasteiger partial charge in [0.15, 0.2) is 5.78 Å². The third-order valence-corrected chi connectivity index (χ3v) is 4.93. The van der Waals surface area contributed by atoms with Crippen molar-refractivity contribution < 1.29 is 4.79 Å². The molecule has 0 saturated carbocycles. The number of aromatic nitrogens is 3. The lowest BCUT2D eigenvalue weighted by atomic mass is 10.1. The topological polar surface area (TPSA) is 103 Å². The predicted molar refractivity (Wildman–Crippen MR) is 116 cm³/mol. The molecule has 2 heterocycles. The molecule has 0 saturated heterocycles. The number of carbonyl (C=O) groups is 1. The first kappa shape index (κ1) is 21.2. The van der Waals surface area contributed by atoms with E-state index in [4.69, 9.17) is 5.73 Å². The molecule has 156 valence electrons. The number of rotatable bonds is 8. The molecule has 2 aromatic heterocycles. The highest BCUT2D eigenvalue weighted by Gasteiger charge is 2.22. The van der Waals surface area contributed by atoms with Crippen LogP contribution in [0.1, 0.15) is 21.6 Å². The second-order valence-corrected chi connectivity index (χ2v) is 7.21. The van der Waals surface area contributed by atoms with E-state index in [0.717, 1.165) is 15.8 Å². The third kappa shape index (κ3) is 4.72. The monoisotopic (exact) mass is 407 g/mol. The Bertz CT molecular complexity index is 1140. The van der Waals surface area contributed by atoms with Gasteiger partial charge in [0, 0.05) is 31.9 Å². The van der Waals surface area contributed by atoms with E-state index in [2.05, 4.69) is 4.98 Å². The third-order valence-electron chi connectivity index (χ3n) is 4.93. The minimum Gasteiger partial charge on any atom is -0.384 e. The molecule has 1 aromatic carbocycles. The number of Topliss-reactive ketones (excluding diaryl/α,β-unsaturated/α-hetero) is 1. The van der Waals surface area contributed by atoms with E-state index < -0.39 is 17.0 Å². The number of anilines is 1. The number of ketones is 1. The summed E-state index contributed by atoms with van der Waals surface area (Å²) in [6.07, 6.45) is 2.40. The molecule has 0 amide bonds. The summed E-state index contributed by atoms with van der Waals surface area (Å²) in [5.74, 6) is -0.520. The van der Waals surface area contributed by atoms with Gasteiger partial charge in [0.2, 0.25) is 0 Å². The highest BCUT2D eigenvalue weighted by atomic mass is 16.2. The second kappa shape index (κ2) is 9.32. The Hall–Kier alpha value is -3.52. The molecule has 0 aliphatic heterocycles. The molecule has 3 rings (SSSR count). The Morgan fingerprint density at radius 1 is 1.10 bits per heavy atom. The minimum atomic E-state index is -0.676. The first-order chi connectivity index (χ1) is 14.4. The van der Waals surface area contributed by atoms with E-state index in [-0.39, 0.29) is 24.5 Å². The van der Waals surface area contributed by atoms with Crippen molar-refractivity contribution in [2.75, 3.05) is 25.9 Å². The van der Waals surface area contributed by atoms with E-state index in [1.807, 2.05) is 53.4 Å². The number of nitrogens with two attached hydrogens (primary N) is 1. The van der Waals surface area contributed by atoms with E-state index in [9.17, 15) is 14.4 Å². The van der Waals surface area contributed by atoms with Crippen LogP contribution in [0.5, 0.6) is 0 Å². The smallest absolute Gasteiger partial charge is 0.332 e. The molecule has 0 aliphatic rings. The predicted octanol–water partition coefficient (Wildman–Crippen LogP) is 0.930. The van der Waals surface area contributed by atoms with Gasteiger partial charge in [-0.1, -0.05) is 36.4 Å². The zero-order valence-electron chi connectivity index (χ0n) is 17.1. The average Bonchev–Trinajstić information content (AvgIpc) is 2.75. The van der Waals surface area contributed by atoms with Crippen molar-refractivity contribution in [2.45, 2.75) is 13.0 Å². The van der Waals surface area contributed by atoms with Crippen LogP contribution in [-0.4, -0.2) is 44.9 Å². The fraction of sp³-hybridized carbons (Fsp3) is 0.273. The molecule has 0 atom stereocenters. The van der Waals surface area contributed by atoms with Crippen LogP contribution < -0.4 is 17.0 Å². The molecular formula is C22H25N5O3. The van der Waals surface area contributed by atoms with Crippen LogP contribution in [0.2, 0.25) is 0 Å². The van der Waals surface area contributed by atoms with Crippen LogP contribution in [0.3, 0.4) is 0 Å². The van der Waals surface area contributed by atoms with Gasteiger partial charge in [0.05, 0.1) is 13.1 Å². The molecule has 30 heavy (non-hydrogen) atoms. The minimum absolute atomic E-state index is 0.00974. The van der Waals surface area contributed by atoms with Gasteiger partial charge >= 0.3 is 5.69 Å². The Labute approximate surface area is 174 Å². The highest BCUT2D eigenvalue weighted by Crippen LogP contribution is 2.10. The molecule has 0 radical (unpaired) electrons. The fourth-order valence-corrected chi connectivity index (χ4v) is 3.22. The summed E-state index contributed by atoms with van der Waals surface area (Å²) in [5.41, 5.74) is 6.52. The first-order valence-electron chi connectivity index (χ1n) is 9.63. The number of hydrogen-bond acceptors (Lipinski definition) is 6. The lowest BCUT2D eigenvalue weighted by Gasteiger charge is -2.18. The Balaban J connectivity index is 1.82. The summed E-state index contributed by atoms with van der Waals surface area (Å²) >= 11 is 0. The van der Waals surface area contributed by atoms with Crippen molar-refractivity contribution in [3.8, 4) is 0 Å². The summed E-state index contributed by atoms with van der Waals surface area (Å²) in [6.45, 7) is 0.776. The van der Waals surface area contributed by atoms with Crippen molar-refractivity contribution >= 4 is 11.6 Å². The Kier molecular flexibility index (Phi) is 6.58. The van der Waals surface area contributed by atoms with E-state index in [0.29, 0.717) is 13.0 Å². The van der Waals surface area contributed by atoms with Crippen molar-refractivity contribution in [2.24, 2.45) is 7.05 Å². The number of nitrogen functional groups attached to an aromatic ring is 1. The lowest BCUT2D eigenvalue weighted by Crippen LogP contribution is -2.44. The van der Waals surface area contributed by atoms with E-state index in [1.165, 1.54) is 11.6 Å². The molecule has 8 nitrogen and oxygen atoms in total. The molecule has 0 bridgehead atoms. The number of hydrogen-bond donors (Lipinski definition) is 1. The van der Waals surface area contributed by atoms with E-state index in [1.54, 1.807) is 13.2 Å². The highest BCUT2D eigenvalue weighted by molar-refractivity contribution is 6.01. The van der Waals surface area contributed by atoms with Crippen LogP contribution in [-0.2, 0) is 20.0 Å². The number of pyridine rings is 1. The van der Waals surface area contributed by atoms with Gasteiger partial charge in [0.1, 0.15) is 11.4 Å². The first-order valence-corrected chi connectivity index (χ1v) is 9.63. The zero-order valence-corrected chi connectivity index (χ0v) is 17.1. The molecule has 0 fully saturated rings. The largest absolute Gasteiger partial charge is 0.384 e. The number of benzene rings is 1. The Morgan fingerprint density at radius 3 is 2.47 bits per heavy atom. The van der Waals surface area contributed by atoms with Gasteiger partial charge in [-0.25, -0.2) is 4.79 Å². The second-order valence-electron chi connectivity index (χ2n) is 7.21.